The zero-order valence-corrected chi connectivity index (χ0v) is 21.0. The number of rotatable bonds is 5. The summed E-state index contributed by atoms with van der Waals surface area (Å²) in [6, 6.07) is 15.5. The van der Waals surface area contributed by atoms with Crippen LogP contribution in [0.1, 0.15) is 56.2 Å². The van der Waals surface area contributed by atoms with Gasteiger partial charge in [-0.3, -0.25) is 9.59 Å². The molecular weight excluding hydrogens is 440 g/mol. The van der Waals surface area contributed by atoms with Crippen molar-refractivity contribution in [2.45, 2.75) is 64.7 Å². The largest absolute Gasteiger partial charge is 0.497 e. The molecule has 7 nitrogen and oxygen atoms in total. The minimum atomic E-state index is -1.07. The second kappa shape index (κ2) is 9.02. The number of ether oxygens (including phenoxy) is 1. The van der Waals surface area contributed by atoms with Crippen molar-refractivity contribution in [1.29, 1.82) is 0 Å². The van der Waals surface area contributed by atoms with Crippen LogP contribution < -0.4 is 10.1 Å². The average Bonchev–Trinajstić information content (AvgIpc) is 3.23. The molecule has 2 amide bonds. The quantitative estimate of drug-likeness (QED) is 0.595. The van der Waals surface area contributed by atoms with E-state index in [1.165, 1.54) is 6.42 Å². The number of imidazole rings is 1. The van der Waals surface area contributed by atoms with Gasteiger partial charge in [-0.05, 0) is 55.0 Å². The Morgan fingerprint density at radius 2 is 1.97 bits per heavy atom. The lowest BCUT2D eigenvalue weighted by atomic mass is 9.77. The van der Waals surface area contributed by atoms with E-state index in [1.807, 2.05) is 60.0 Å². The van der Waals surface area contributed by atoms with Crippen molar-refractivity contribution in [3.8, 4) is 5.75 Å². The van der Waals surface area contributed by atoms with E-state index in [1.54, 1.807) is 12.0 Å². The first-order valence-corrected chi connectivity index (χ1v) is 12.5. The Kier molecular flexibility index (Phi) is 6.03. The molecule has 7 heteroatoms. The summed E-state index contributed by atoms with van der Waals surface area (Å²) in [6.07, 6.45) is 3.27. The van der Waals surface area contributed by atoms with E-state index >= 15 is 0 Å². The second-order valence-corrected chi connectivity index (χ2v) is 10.4. The van der Waals surface area contributed by atoms with Gasteiger partial charge in [-0.25, -0.2) is 4.98 Å². The van der Waals surface area contributed by atoms with Gasteiger partial charge in [0.1, 0.15) is 11.3 Å². The van der Waals surface area contributed by atoms with Gasteiger partial charge in [0.2, 0.25) is 5.91 Å². The number of fused-ring (bicyclic) bond motifs is 3. The highest BCUT2D eigenvalue weighted by Gasteiger charge is 2.49. The molecule has 2 aromatic carbocycles. The maximum atomic E-state index is 14.0. The van der Waals surface area contributed by atoms with Crippen LogP contribution in [0.5, 0.6) is 5.75 Å². The monoisotopic (exact) mass is 474 g/mol. The molecule has 5 rings (SSSR count). The van der Waals surface area contributed by atoms with Crippen LogP contribution >= 0.6 is 0 Å². The van der Waals surface area contributed by atoms with Crippen molar-refractivity contribution in [2.75, 3.05) is 7.11 Å². The Morgan fingerprint density at radius 3 is 2.77 bits per heavy atom. The number of para-hydroxylation sites is 2. The molecule has 0 spiro atoms. The number of amides is 2. The molecule has 1 N–H and O–H groups in total. The zero-order valence-electron chi connectivity index (χ0n) is 21.0. The van der Waals surface area contributed by atoms with Crippen LogP contribution in [0.25, 0.3) is 11.0 Å². The number of hydrogen-bond donors (Lipinski definition) is 1. The molecule has 2 heterocycles. The van der Waals surface area contributed by atoms with Crippen molar-refractivity contribution in [2.24, 2.45) is 11.8 Å². The number of aromatic nitrogens is 2. The van der Waals surface area contributed by atoms with Gasteiger partial charge in [-0.15, -0.1) is 0 Å². The normalized spacial score (nSPS) is 26.5. The Labute approximate surface area is 206 Å². The lowest BCUT2D eigenvalue weighted by Gasteiger charge is -2.45. The third-order valence-corrected chi connectivity index (χ3v) is 8.14. The Morgan fingerprint density at radius 1 is 1.17 bits per heavy atom. The van der Waals surface area contributed by atoms with Gasteiger partial charge in [0.05, 0.1) is 24.7 Å². The number of nitrogens with zero attached hydrogens (tertiary/aromatic N) is 3. The maximum Gasteiger partial charge on any atom is 0.291 e. The van der Waals surface area contributed by atoms with Gasteiger partial charge in [0.25, 0.3) is 5.91 Å². The van der Waals surface area contributed by atoms with E-state index in [-0.39, 0.29) is 17.9 Å². The fourth-order valence-electron chi connectivity index (χ4n) is 5.64. The molecule has 0 radical (unpaired) electrons. The van der Waals surface area contributed by atoms with Crippen molar-refractivity contribution in [1.82, 2.24) is 19.8 Å². The highest BCUT2D eigenvalue weighted by atomic mass is 16.5. The van der Waals surface area contributed by atoms with Crippen molar-refractivity contribution in [3.63, 3.8) is 0 Å². The van der Waals surface area contributed by atoms with Gasteiger partial charge in [0.15, 0.2) is 5.82 Å². The lowest BCUT2D eigenvalue weighted by Crippen LogP contribution is -2.65. The highest BCUT2D eigenvalue weighted by Crippen LogP contribution is 2.34. The van der Waals surface area contributed by atoms with Gasteiger partial charge in [-0.1, -0.05) is 51.0 Å². The topological polar surface area (TPSA) is 76.5 Å². The predicted octanol–water partition coefficient (Wildman–Crippen LogP) is 4.40. The number of nitrogens with one attached hydrogen (secondary N) is 1. The Bertz CT molecular complexity index is 1270. The number of methoxy groups -OCH3 is 1. The number of carbonyl (C=O) groups is 2. The summed E-state index contributed by atoms with van der Waals surface area (Å²) in [5, 5.41) is 3.35. The van der Waals surface area contributed by atoms with Crippen LogP contribution in [0.3, 0.4) is 0 Å². The number of carbonyl (C=O) groups excluding carboxylic acids is 2. The van der Waals surface area contributed by atoms with E-state index in [2.05, 4.69) is 24.1 Å². The molecule has 1 aliphatic heterocycles. The minimum Gasteiger partial charge on any atom is -0.497 e. The summed E-state index contributed by atoms with van der Waals surface area (Å²) >= 11 is 0. The average molecular weight is 475 g/mol. The molecule has 184 valence electrons. The molecule has 1 saturated carbocycles. The second-order valence-electron chi connectivity index (χ2n) is 10.4. The molecule has 2 aliphatic rings. The minimum absolute atomic E-state index is 0.108. The van der Waals surface area contributed by atoms with Crippen LogP contribution in [0, 0.1) is 11.8 Å². The fraction of sp³-hybridized carbons (Fsp3) is 0.464. The molecular formula is C28H34N4O3. The van der Waals surface area contributed by atoms with Crippen LogP contribution in [0.4, 0.5) is 0 Å². The lowest BCUT2D eigenvalue weighted by molar-refractivity contribution is -0.134. The summed E-state index contributed by atoms with van der Waals surface area (Å²) in [4.78, 5) is 34.2. The van der Waals surface area contributed by atoms with Crippen molar-refractivity contribution < 1.29 is 14.3 Å². The van der Waals surface area contributed by atoms with Crippen LogP contribution in [-0.4, -0.2) is 45.0 Å². The highest BCUT2D eigenvalue weighted by molar-refractivity contribution is 6.01. The van der Waals surface area contributed by atoms with Crippen molar-refractivity contribution >= 4 is 22.8 Å². The Hall–Kier alpha value is -3.35. The van der Waals surface area contributed by atoms with Crippen LogP contribution in [0.2, 0.25) is 0 Å². The molecule has 1 aliphatic carbocycles. The smallest absolute Gasteiger partial charge is 0.291 e. The van der Waals surface area contributed by atoms with E-state index in [9.17, 15) is 9.59 Å². The van der Waals surface area contributed by atoms with E-state index in [0.29, 0.717) is 30.7 Å². The zero-order chi connectivity index (χ0) is 24.7. The van der Waals surface area contributed by atoms with Crippen LogP contribution in [-0.2, 0) is 17.9 Å². The molecule has 1 fully saturated rings. The van der Waals surface area contributed by atoms with Gasteiger partial charge in [0, 0.05) is 12.6 Å². The van der Waals surface area contributed by atoms with E-state index < -0.39 is 5.54 Å². The first-order chi connectivity index (χ1) is 16.8. The first-order valence-electron chi connectivity index (χ1n) is 12.5. The summed E-state index contributed by atoms with van der Waals surface area (Å²) in [5.41, 5.74) is 1.46. The fourth-order valence-corrected chi connectivity index (χ4v) is 5.64. The van der Waals surface area contributed by atoms with Gasteiger partial charge >= 0.3 is 0 Å². The third-order valence-electron chi connectivity index (χ3n) is 8.14. The maximum absolute atomic E-state index is 14.0. The predicted molar refractivity (Wildman–Crippen MR) is 135 cm³/mol. The Balaban J connectivity index is 1.54. The summed E-state index contributed by atoms with van der Waals surface area (Å²) in [5.74, 6) is 1.70. The van der Waals surface area contributed by atoms with E-state index in [0.717, 1.165) is 35.2 Å². The summed E-state index contributed by atoms with van der Waals surface area (Å²) in [7, 11) is 1.62. The number of hydrogen-bond acceptors (Lipinski definition) is 4. The van der Waals surface area contributed by atoms with E-state index in [4.69, 9.17) is 4.74 Å². The molecule has 1 aromatic heterocycles. The van der Waals surface area contributed by atoms with Crippen molar-refractivity contribution in [3.05, 3.63) is 59.9 Å². The summed E-state index contributed by atoms with van der Waals surface area (Å²) < 4.78 is 7.30. The molecule has 3 aromatic rings. The molecule has 0 unspecified atom stereocenters. The molecule has 0 bridgehead atoms. The molecule has 0 saturated heterocycles. The molecule has 4 atom stereocenters. The number of benzene rings is 2. The molecule has 35 heavy (non-hydrogen) atoms. The van der Waals surface area contributed by atoms with Crippen LogP contribution in [0.15, 0.2) is 48.5 Å². The third kappa shape index (κ3) is 4.07. The standard InChI is InChI=1S/C28H34N4O3/c1-18-9-7-13-22(19(18)2)30-27(34)28(3)17-31-24-14-6-5-12-23(24)29-25(31)26(33)32(28)16-20-10-8-11-21(15-20)35-4/h5-6,8,10-12,14-15,18-19,22H,7,9,13,16-17H2,1-4H3,(H,30,34)/t18-,19+,22-,28-/m1/s1. The summed E-state index contributed by atoms with van der Waals surface area (Å²) in [6.45, 7) is 7.00. The van der Waals surface area contributed by atoms with Gasteiger partial charge in [-0.2, -0.15) is 0 Å². The van der Waals surface area contributed by atoms with Gasteiger partial charge < -0.3 is 19.5 Å². The first kappa shape index (κ1) is 23.4. The SMILES string of the molecule is COc1cccc(CN2C(=O)c3nc4ccccc4n3C[C@]2(C)C(=O)N[C@@H]2CCC[C@@H](C)[C@@H]2C)c1.